The van der Waals surface area contributed by atoms with E-state index in [-0.39, 0.29) is 5.78 Å². The van der Waals surface area contributed by atoms with Gasteiger partial charge in [-0.1, -0.05) is 25.1 Å². The maximum absolute atomic E-state index is 11.6. The van der Waals surface area contributed by atoms with E-state index in [4.69, 9.17) is 0 Å². The van der Waals surface area contributed by atoms with Gasteiger partial charge in [-0.3, -0.25) is 9.48 Å². The molecule has 0 amide bonds. The van der Waals surface area contributed by atoms with E-state index in [1.165, 1.54) is 0 Å². The number of carbonyl (C=O) groups is 1. The average molecular weight is 214 g/mol. The number of hydrogen-bond donors (Lipinski definition) is 0. The van der Waals surface area contributed by atoms with Gasteiger partial charge >= 0.3 is 0 Å². The molecule has 1 heterocycles. The van der Waals surface area contributed by atoms with Crippen molar-refractivity contribution in [2.75, 3.05) is 0 Å². The van der Waals surface area contributed by atoms with Gasteiger partial charge in [0.1, 0.15) is 0 Å². The van der Waals surface area contributed by atoms with Crippen LogP contribution in [0.25, 0.3) is 11.3 Å². The number of benzene rings is 1. The van der Waals surface area contributed by atoms with E-state index in [2.05, 4.69) is 5.10 Å². The van der Waals surface area contributed by atoms with Gasteiger partial charge in [0.25, 0.3) is 0 Å². The van der Waals surface area contributed by atoms with Crippen LogP contribution in [-0.4, -0.2) is 15.6 Å². The molecular weight excluding hydrogens is 200 g/mol. The maximum Gasteiger partial charge on any atom is 0.162 e. The molecule has 1 aromatic heterocycles. The van der Waals surface area contributed by atoms with Crippen molar-refractivity contribution in [1.82, 2.24) is 9.78 Å². The summed E-state index contributed by atoms with van der Waals surface area (Å²) >= 11 is 0. The van der Waals surface area contributed by atoms with E-state index in [1.54, 1.807) is 4.68 Å². The number of rotatable bonds is 3. The van der Waals surface area contributed by atoms with Crippen molar-refractivity contribution in [2.24, 2.45) is 7.05 Å². The van der Waals surface area contributed by atoms with Crippen LogP contribution in [0.1, 0.15) is 23.7 Å². The molecule has 0 radical (unpaired) electrons. The van der Waals surface area contributed by atoms with Crippen molar-refractivity contribution in [2.45, 2.75) is 13.3 Å². The fraction of sp³-hybridized carbons (Fsp3) is 0.231. The summed E-state index contributed by atoms with van der Waals surface area (Å²) in [5.74, 6) is 0.165. The number of Topliss-reactive ketones (excluding diaryl/α,β-unsaturated/α-hetero) is 1. The van der Waals surface area contributed by atoms with E-state index in [1.807, 2.05) is 50.5 Å². The maximum atomic E-state index is 11.6. The minimum Gasteiger partial charge on any atom is -0.294 e. The number of hydrogen-bond acceptors (Lipinski definition) is 2. The summed E-state index contributed by atoms with van der Waals surface area (Å²) in [6.45, 7) is 1.87. The summed E-state index contributed by atoms with van der Waals surface area (Å²) in [5.41, 5.74) is 2.64. The Morgan fingerprint density at radius 1 is 1.38 bits per heavy atom. The number of nitrogens with zero attached hydrogens (tertiary/aromatic N) is 2. The molecule has 0 saturated carbocycles. The van der Waals surface area contributed by atoms with E-state index in [0.29, 0.717) is 6.42 Å². The summed E-state index contributed by atoms with van der Waals surface area (Å²) in [7, 11) is 1.88. The molecule has 2 aromatic rings. The van der Waals surface area contributed by atoms with Gasteiger partial charge in [0.05, 0.1) is 5.69 Å². The zero-order valence-corrected chi connectivity index (χ0v) is 9.47. The van der Waals surface area contributed by atoms with Crippen LogP contribution in [-0.2, 0) is 7.05 Å². The normalized spacial score (nSPS) is 10.4. The first-order chi connectivity index (χ1) is 7.70. The lowest BCUT2D eigenvalue weighted by Gasteiger charge is -2.01. The minimum atomic E-state index is 0.165. The monoisotopic (exact) mass is 214 g/mol. The van der Waals surface area contributed by atoms with Crippen LogP contribution in [0.4, 0.5) is 0 Å². The van der Waals surface area contributed by atoms with Crippen molar-refractivity contribution in [1.29, 1.82) is 0 Å². The molecule has 0 aliphatic heterocycles. The first kappa shape index (κ1) is 10.6. The molecular formula is C13H14N2O. The highest BCUT2D eigenvalue weighted by Crippen LogP contribution is 2.18. The van der Waals surface area contributed by atoms with Gasteiger partial charge in [-0.25, -0.2) is 0 Å². The highest BCUT2D eigenvalue weighted by Gasteiger charge is 2.06. The average Bonchev–Trinajstić information content (AvgIpc) is 2.75. The fourth-order valence-electron chi connectivity index (χ4n) is 1.63. The van der Waals surface area contributed by atoms with E-state index < -0.39 is 0 Å². The van der Waals surface area contributed by atoms with Gasteiger partial charge in [-0.2, -0.15) is 5.10 Å². The molecule has 3 nitrogen and oxygen atoms in total. The molecule has 0 aliphatic carbocycles. The van der Waals surface area contributed by atoms with Gasteiger partial charge in [0.15, 0.2) is 5.78 Å². The summed E-state index contributed by atoms with van der Waals surface area (Å²) in [6.07, 6.45) is 2.43. The summed E-state index contributed by atoms with van der Waals surface area (Å²) in [6, 6.07) is 9.55. The summed E-state index contributed by atoms with van der Waals surface area (Å²) < 4.78 is 1.75. The lowest BCUT2D eigenvalue weighted by molar-refractivity contribution is 0.0988. The van der Waals surface area contributed by atoms with Gasteiger partial charge in [-0.15, -0.1) is 0 Å². The number of aryl methyl sites for hydroxylation is 1. The van der Waals surface area contributed by atoms with E-state index in [9.17, 15) is 4.79 Å². The Balaban J connectivity index is 2.39. The van der Waals surface area contributed by atoms with Crippen LogP contribution >= 0.6 is 0 Å². The molecule has 0 fully saturated rings. The highest BCUT2D eigenvalue weighted by molar-refractivity contribution is 5.96. The Kier molecular flexibility index (Phi) is 2.86. The number of carbonyl (C=O) groups excluding carboxylic acids is 1. The minimum absolute atomic E-state index is 0.165. The van der Waals surface area contributed by atoms with Crippen LogP contribution in [0, 0.1) is 0 Å². The molecule has 0 bridgehead atoms. The molecule has 82 valence electrons. The molecule has 0 atom stereocenters. The Morgan fingerprint density at radius 2 is 2.19 bits per heavy atom. The van der Waals surface area contributed by atoms with Crippen molar-refractivity contribution < 1.29 is 4.79 Å². The zero-order valence-electron chi connectivity index (χ0n) is 9.47. The van der Waals surface area contributed by atoms with E-state index in [0.717, 1.165) is 16.8 Å². The number of aromatic nitrogens is 2. The SMILES string of the molecule is CCC(=O)c1cccc(-c2ccn(C)n2)c1. The van der Waals surface area contributed by atoms with E-state index >= 15 is 0 Å². The first-order valence-corrected chi connectivity index (χ1v) is 5.34. The Morgan fingerprint density at radius 3 is 2.81 bits per heavy atom. The summed E-state index contributed by atoms with van der Waals surface area (Å²) in [4.78, 5) is 11.6. The molecule has 16 heavy (non-hydrogen) atoms. The highest BCUT2D eigenvalue weighted by atomic mass is 16.1. The van der Waals surface area contributed by atoms with Gasteiger partial charge in [-0.05, 0) is 12.1 Å². The smallest absolute Gasteiger partial charge is 0.162 e. The Hall–Kier alpha value is -1.90. The quantitative estimate of drug-likeness (QED) is 0.736. The topological polar surface area (TPSA) is 34.9 Å². The second-order valence-corrected chi connectivity index (χ2v) is 3.73. The van der Waals surface area contributed by atoms with Crippen LogP contribution in [0.3, 0.4) is 0 Å². The zero-order chi connectivity index (χ0) is 11.5. The fourth-order valence-corrected chi connectivity index (χ4v) is 1.63. The summed E-state index contributed by atoms with van der Waals surface area (Å²) in [5, 5.41) is 4.31. The third-order valence-corrected chi connectivity index (χ3v) is 2.52. The molecule has 2 rings (SSSR count). The molecule has 0 saturated heterocycles. The molecule has 0 aliphatic rings. The standard InChI is InChI=1S/C13H14N2O/c1-3-13(16)11-6-4-5-10(9-11)12-7-8-15(2)14-12/h4-9H,3H2,1-2H3. The molecule has 0 spiro atoms. The number of ketones is 1. The van der Waals surface area contributed by atoms with Crippen LogP contribution in [0.5, 0.6) is 0 Å². The lowest BCUT2D eigenvalue weighted by atomic mass is 10.0. The Labute approximate surface area is 94.7 Å². The van der Waals surface area contributed by atoms with Crippen LogP contribution < -0.4 is 0 Å². The molecule has 0 N–H and O–H groups in total. The van der Waals surface area contributed by atoms with Crippen LogP contribution in [0.2, 0.25) is 0 Å². The molecule has 1 aromatic carbocycles. The molecule has 0 unspecified atom stereocenters. The van der Waals surface area contributed by atoms with Gasteiger partial charge < -0.3 is 0 Å². The Bertz CT molecular complexity index is 514. The van der Waals surface area contributed by atoms with Crippen molar-refractivity contribution in [3.8, 4) is 11.3 Å². The van der Waals surface area contributed by atoms with Crippen molar-refractivity contribution >= 4 is 5.78 Å². The predicted octanol–water partition coefficient (Wildman–Crippen LogP) is 2.68. The largest absolute Gasteiger partial charge is 0.294 e. The lowest BCUT2D eigenvalue weighted by Crippen LogP contribution is -1.96. The third-order valence-electron chi connectivity index (χ3n) is 2.52. The third kappa shape index (κ3) is 2.03. The predicted molar refractivity (Wildman–Crippen MR) is 63.3 cm³/mol. The van der Waals surface area contributed by atoms with Gasteiger partial charge in [0.2, 0.25) is 0 Å². The second kappa shape index (κ2) is 4.31. The van der Waals surface area contributed by atoms with Crippen molar-refractivity contribution in [3.63, 3.8) is 0 Å². The second-order valence-electron chi connectivity index (χ2n) is 3.73. The van der Waals surface area contributed by atoms with Crippen LogP contribution in [0.15, 0.2) is 36.5 Å². The van der Waals surface area contributed by atoms with Crippen molar-refractivity contribution in [3.05, 3.63) is 42.1 Å². The first-order valence-electron chi connectivity index (χ1n) is 5.34. The molecule has 3 heteroatoms. The van der Waals surface area contributed by atoms with Gasteiger partial charge in [0, 0.05) is 30.8 Å².